The Morgan fingerprint density at radius 1 is 0.787 bits per heavy atom. The van der Waals surface area contributed by atoms with E-state index in [9.17, 15) is 27.6 Å². The standard InChI is InChI=1S/C51H56BrN15O7S/c1-61-28-30(26-56-61)35-24-40(58-51-55-27-37(52)47(60-51)57-39-8-7-38-45(54-15-14-53-38)46(39)62(2)75(4,72)73)43(74-3)25-42(35)65-16-11-31(12-17-65)63-19-21-64(22-20-63)33-13-18-66(29-33)32-5-6-34-36(23-32)50(71)67(49(34)70)41-9-10-44(68)59-48(41)69/h5-8,14-15,23-28,31,33,41H,9-13,16-22,29H2,1-4H3,(H,59,68,69)(H2,55,57,58,60). The number of halogens is 1. The fraction of sp³-hybridized carbons (Fsp3) is 0.392. The molecule has 0 aliphatic carbocycles. The number of carbonyl (C=O) groups is 4. The molecule has 0 bridgehead atoms. The highest BCUT2D eigenvalue weighted by molar-refractivity contribution is 9.10. The number of amides is 4. The van der Waals surface area contributed by atoms with Crippen molar-refractivity contribution in [1.29, 1.82) is 0 Å². The number of aromatic nitrogens is 6. The minimum absolute atomic E-state index is 0.0811. The van der Waals surface area contributed by atoms with Gasteiger partial charge in [-0.3, -0.25) is 58.1 Å². The molecule has 4 saturated heterocycles. The summed E-state index contributed by atoms with van der Waals surface area (Å²) in [4.78, 5) is 80.3. The number of imide groups is 2. The molecule has 3 aromatic carbocycles. The van der Waals surface area contributed by atoms with E-state index in [-0.39, 0.29) is 24.4 Å². The quantitative estimate of drug-likeness (QED) is 0.132. The molecule has 2 unspecified atom stereocenters. The first-order valence-corrected chi connectivity index (χ1v) is 27.5. The third-order valence-electron chi connectivity index (χ3n) is 15.1. The van der Waals surface area contributed by atoms with E-state index >= 15 is 0 Å². The number of methoxy groups -OCH3 is 1. The predicted molar refractivity (Wildman–Crippen MR) is 286 cm³/mol. The van der Waals surface area contributed by atoms with Crippen LogP contribution in [-0.4, -0.2) is 167 Å². The van der Waals surface area contributed by atoms with E-state index in [0.29, 0.717) is 61.8 Å². The number of piperazine rings is 1. The second-order valence-corrected chi connectivity index (χ2v) is 22.5. The number of aryl methyl sites for hydroxylation is 1. The smallest absolute Gasteiger partial charge is 0.262 e. The predicted octanol–water partition coefficient (Wildman–Crippen LogP) is 4.74. The average Bonchev–Trinajstić information content (AvgIpc) is 4.15. The minimum atomic E-state index is -3.68. The van der Waals surface area contributed by atoms with Gasteiger partial charge in [-0.15, -0.1) is 0 Å². The molecule has 0 radical (unpaired) electrons. The van der Waals surface area contributed by atoms with Crippen LogP contribution in [0.4, 0.5) is 40.2 Å². The normalized spacial score (nSPS) is 20.0. The number of nitrogens with one attached hydrogen (secondary N) is 3. The van der Waals surface area contributed by atoms with Crippen molar-refractivity contribution in [2.45, 2.75) is 50.2 Å². The fourth-order valence-electron chi connectivity index (χ4n) is 11.1. The van der Waals surface area contributed by atoms with E-state index in [4.69, 9.17) is 9.72 Å². The number of fused-ring (bicyclic) bond motifs is 2. The van der Waals surface area contributed by atoms with Gasteiger partial charge in [-0.25, -0.2) is 13.4 Å². The Hall–Kier alpha value is -7.28. The zero-order valence-corrected chi connectivity index (χ0v) is 44.3. The van der Waals surface area contributed by atoms with Crippen molar-refractivity contribution in [2.75, 3.05) is 97.5 Å². The number of hydrogen-bond acceptors (Lipinski definition) is 18. The van der Waals surface area contributed by atoms with Gasteiger partial charge in [0.15, 0.2) is 0 Å². The summed E-state index contributed by atoms with van der Waals surface area (Å²) in [5.41, 5.74) is 6.78. The first-order valence-electron chi connectivity index (χ1n) is 24.9. The molecule has 11 rings (SSSR count). The van der Waals surface area contributed by atoms with Gasteiger partial charge in [0.2, 0.25) is 27.8 Å². The Balaban J connectivity index is 0.738. The molecule has 390 valence electrons. The van der Waals surface area contributed by atoms with Gasteiger partial charge in [0.1, 0.15) is 28.8 Å². The molecule has 0 spiro atoms. The highest BCUT2D eigenvalue weighted by Crippen LogP contribution is 2.43. The molecule has 3 aromatic heterocycles. The number of sulfonamides is 1. The van der Waals surface area contributed by atoms with Gasteiger partial charge in [0.25, 0.3) is 11.8 Å². The van der Waals surface area contributed by atoms with Gasteiger partial charge in [-0.05, 0) is 78.0 Å². The Kier molecular flexibility index (Phi) is 13.4. The number of ether oxygens (including phenoxy) is 1. The maximum Gasteiger partial charge on any atom is 0.262 e. The molecule has 8 heterocycles. The van der Waals surface area contributed by atoms with Crippen molar-refractivity contribution in [3.05, 3.63) is 89.0 Å². The highest BCUT2D eigenvalue weighted by atomic mass is 79.9. The van der Waals surface area contributed by atoms with Crippen LogP contribution in [0.3, 0.4) is 0 Å². The second-order valence-electron chi connectivity index (χ2n) is 19.6. The lowest BCUT2D eigenvalue weighted by atomic mass is 9.98. The van der Waals surface area contributed by atoms with E-state index in [1.807, 2.05) is 31.6 Å². The molecule has 3 N–H and O–H groups in total. The Bertz CT molecular complexity index is 3380. The molecule has 5 aliphatic heterocycles. The van der Waals surface area contributed by atoms with Crippen LogP contribution in [0.1, 0.15) is 52.8 Å². The topological polar surface area (TPSA) is 237 Å². The SMILES string of the molecule is COc1cc(N2CCC(N3CCN(C4CCN(c5ccc6c(c5)C(=O)N(C5CCC(=O)NC5=O)C6=O)C4)CC3)CC2)c(-c2cnn(C)c2)cc1Nc1ncc(Br)c(Nc2ccc3nccnc3c2N(C)S(C)(=O)=O)n1. The van der Waals surface area contributed by atoms with Gasteiger partial charge in [-0.2, -0.15) is 10.1 Å². The van der Waals surface area contributed by atoms with Crippen LogP contribution in [0.25, 0.3) is 22.2 Å². The lowest BCUT2D eigenvalue weighted by Gasteiger charge is -2.44. The van der Waals surface area contributed by atoms with E-state index in [2.05, 4.69) is 77.6 Å². The van der Waals surface area contributed by atoms with Crippen LogP contribution >= 0.6 is 15.9 Å². The number of benzene rings is 3. The summed E-state index contributed by atoms with van der Waals surface area (Å²) in [7, 11) is 1.33. The zero-order valence-electron chi connectivity index (χ0n) is 41.9. The van der Waals surface area contributed by atoms with Crippen molar-refractivity contribution < 1.29 is 32.3 Å². The summed E-state index contributed by atoms with van der Waals surface area (Å²) in [5.74, 6) is -0.746. The van der Waals surface area contributed by atoms with Crippen LogP contribution in [0, 0.1) is 0 Å². The molecule has 6 aromatic rings. The minimum Gasteiger partial charge on any atom is -0.494 e. The van der Waals surface area contributed by atoms with Crippen molar-refractivity contribution in [3.8, 4) is 16.9 Å². The molecule has 24 heteroatoms. The first-order chi connectivity index (χ1) is 36.1. The third-order valence-corrected chi connectivity index (χ3v) is 16.9. The largest absolute Gasteiger partial charge is 0.494 e. The molecule has 0 saturated carbocycles. The van der Waals surface area contributed by atoms with E-state index in [1.165, 1.54) is 17.5 Å². The number of anilines is 7. The van der Waals surface area contributed by atoms with E-state index in [0.717, 1.165) is 105 Å². The molecular formula is C51H56BrN15O7S. The van der Waals surface area contributed by atoms with E-state index < -0.39 is 39.7 Å². The number of piperidine rings is 2. The van der Waals surface area contributed by atoms with Crippen molar-refractivity contribution in [2.24, 2.45) is 7.05 Å². The lowest BCUT2D eigenvalue weighted by Crippen LogP contribution is -2.55. The molecule has 75 heavy (non-hydrogen) atoms. The molecule has 4 amide bonds. The van der Waals surface area contributed by atoms with Crippen LogP contribution in [0.15, 0.2) is 77.9 Å². The summed E-state index contributed by atoms with van der Waals surface area (Å²) in [5, 5.41) is 13.5. The molecule has 5 aliphatic rings. The second kappa shape index (κ2) is 20.1. The van der Waals surface area contributed by atoms with Crippen molar-refractivity contribution in [1.82, 2.24) is 49.7 Å². The third kappa shape index (κ3) is 9.70. The van der Waals surface area contributed by atoms with Gasteiger partial charge in [0.05, 0.1) is 52.1 Å². The first kappa shape index (κ1) is 49.9. The Morgan fingerprint density at radius 2 is 1.51 bits per heavy atom. The monoisotopic (exact) mass is 1100 g/mol. The van der Waals surface area contributed by atoms with Gasteiger partial charge in [-0.1, -0.05) is 0 Å². The van der Waals surface area contributed by atoms with Gasteiger partial charge >= 0.3 is 0 Å². The highest BCUT2D eigenvalue weighted by Gasteiger charge is 2.45. The summed E-state index contributed by atoms with van der Waals surface area (Å²) < 4.78 is 35.2. The maximum atomic E-state index is 13.5. The summed E-state index contributed by atoms with van der Waals surface area (Å²) in [6, 6.07) is 12.8. The summed E-state index contributed by atoms with van der Waals surface area (Å²) in [6.07, 6.45) is 12.9. The number of hydrogen-bond donors (Lipinski definition) is 3. The van der Waals surface area contributed by atoms with Crippen LogP contribution in [0.2, 0.25) is 0 Å². The summed E-state index contributed by atoms with van der Waals surface area (Å²) >= 11 is 3.58. The van der Waals surface area contributed by atoms with E-state index in [1.54, 1.807) is 48.5 Å². The van der Waals surface area contributed by atoms with Crippen LogP contribution in [-0.2, 0) is 26.7 Å². The molecule has 4 fully saturated rings. The van der Waals surface area contributed by atoms with Gasteiger partial charge in [0, 0.05) is 138 Å². The maximum absolute atomic E-state index is 13.5. The molecular weight excluding hydrogens is 1050 g/mol. The van der Waals surface area contributed by atoms with Gasteiger partial charge < -0.3 is 25.2 Å². The number of rotatable bonds is 13. The molecule has 22 nitrogen and oxygen atoms in total. The molecule has 2 atom stereocenters. The number of carbonyl (C=O) groups excluding carboxylic acids is 4. The van der Waals surface area contributed by atoms with Crippen LogP contribution in [0.5, 0.6) is 5.75 Å². The lowest BCUT2D eigenvalue weighted by molar-refractivity contribution is -0.136. The number of nitrogens with zero attached hydrogens (tertiary/aromatic N) is 12. The Morgan fingerprint density at radius 3 is 2.23 bits per heavy atom. The average molecular weight is 1100 g/mol. The van der Waals surface area contributed by atoms with Crippen LogP contribution < -0.4 is 34.8 Å². The van der Waals surface area contributed by atoms with Crippen molar-refractivity contribution in [3.63, 3.8) is 0 Å². The summed E-state index contributed by atoms with van der Waals surface area (Å²) in [6.45, 7) is 7.25. The zero-order chi connectivity index (χ0) is 52.3. The Labute approximate surface area is 441 Å². The van der Waals surface area contributed by atoms with Crippen molar-refractivity contribution >= 4 is 101 Å². The fourth-order valence-corrected chi connectivity index (χ4v) is 11.9.